The first-order valence-electron chi connectivity index (χ1n) is 6.10. The van der Waals surface area contributed by atoms with Crippen LogP contribution >= 0.6 is 0 Å². The van der Waals surface area contributed by atoms with E-state index in [0.29, 0.717) is 11.3 Å². The van der Waals surface area contributed by atoms with Crippen molar-refractivity contribution in [1.29, 1.82) is 0 Å². The lowest BCUT2D eigenvalue weighted by molar-refractivity contribution is -0.113. The van der Waals surface area contributed by atoms with E-state index >= 15 is 0 Å². The van der Waals surface area contributed by atoms with Crippen LogP contribution in [-0.2, 0) is 0 Å². The average molecular weight is 192 g/mol. The predicted molar refractivity (Wildman–Crippen MR) is 56.9 cm³/mol. The molecule has 1 heteroatoms. The van der Waals surface area contributed by atoms with Crippen molar-refractivity contribution in [2.45, 2.75) is 51.0 Å². The first-order chi connectivity index (χ1) is 6.74. The Balaban J connectivity index is 1.92. The Hall–Kier alpha value is -0.300. The summed E-state index contributed by atoms with van der Waals surface area (Å²) in [6.45, 7) is 4.12. The highest BCUT2D eigenvalue weighted by Crippen LogP contribution is 2.65. The van der Waals surface area contributed by atoms with E-state index in [0.717, 1.165) is 12.3 Å². The Morgan fingerprint density at radius 1 is 1.21 bits per heavy atom. The number of hydrogen-bond acceptors (Lipinski definition) is 1. The van der Waals surface area contributed by atoms with Crippen molar-refractivity contribution >= 4 is 0 Å². The second-order valence-corrected chi connectivity index (χ2v) is 5.63. The minimum Gasteiger partial charge on any atom is -0.392 e. The highest BCUT2D eigenvalue weighted by molar-refractivity contribution is 5.26. The van der Waals surface area contributed by atoms with Gasteiger partial charge in [-0.05, 0) is 43.4 Å². The summed E-state index contributed by atoms with van der Waals surface area (Å²) in [5.74, 6) is 1.39. The minimum absolute atomic E-state index is 0.0643. The van der Waals surface area contributed by atoms with Crippen LogP contribution in [0.1, 0.15) is 44.9 Å². The Bertz CT molecular complexity index is 270. The van der Waals surface area contributed by atoms with Crippen LogP contribution in [0.3, 0.4) is 0 Å². The quantitative estimate of drug-likeness (QED) is 0.585. The predicted octanol–water partition coefficient (Wildman–Crippen LogP) is 2.89. The van der Waals surface area contributed by atoms with Crippen molar-refractivity contribution in [1.82, 2.24) is 0 Å². The molecule has 3 saturated carbocycles. The van der Waals surface area contributed by atoms with Gasteiger partial charge in [0.1, 0.15) is 0 Å². The topological polar surface area (TPSA) is 20.2 Å². The van der Waals surface area contributed by atoms with Gasteiger partial charge >= 0.3 is 0 Å². The smallest absolute Gasteiger partial charge is 0.0611 e. The van der Waals surface area contributed by atoms with Gasteiger partial charge in [0.05, 0.1) is 6.10 Å². The van der Waals surface area contributed by atoms with E-state index in [1.165, 1.54) is 44.1 Å². The zero-order valence-electron chi connectivity index (χ0n) is 8.84. The van der Waals surface area contributed by atoms with Crippen molar-refractivity contribution in [3.63, 3.8) is 0 Å². The molecule has 0 heterocycles. The van der Waals surface area contributed by atoms with E-state index in [9.17, 15) is 5.11 Å². The molecule has 0 amide bonds. The van der Waals surface area contributed by atoms with Gasteiger partial charge in [0.25, 0.3) is 0 Å². The van der Waals surface area contributed by atoms with Gasteiger partial charge in [-0.25, -0.2) is 0 Å². The fourth-order valence-corrected chi connectivity index (χ4v) is 4.52. The second kappa shape index (κ2) is 2.85. The van der Waals surface area contributed by atoms with E-state index in [4.69, 9.17) is 0 Å². The normalized spacial score (nSPS) is 51.8. The fraction of sp³-hybridized carbons (Fsp3) is 0.846. The van der Waals surface area contributed by atoms with Crippen LogP contribution in [0.5, 0.6) is 0 Å². The Kier molecular flexibility index (Phi) is 1.82. The van der Waals surface area contributed by atoms with Crippen LogP contribution in [0.15, 0.2) is 12.2 Å². The van der Waals surface area contributed by atoms with Gasteiger partial charge in [0.15, 0.2) is 0 Å². The standard InChI is InChI=1S/C13H20O/c1-9-8-13-7-3-2-4-10(13)5-6-11(14)12(9)13/h10-12,14H,1-8H2/t10-,11+,12+,13-/m0/s1. The van der Waals surface area contributed by atoms with Crippen LogP contribution in [0.25, 0.3) is 0 Å². The molecule has 0 aliphatic heterocycles. The summed E-state index contributed by atoms with van der Waals surface area (Å²) in [6, 6.07) is 0. The van der Waals surface area contributed by atoms with Gasteiger partial charge in [-0.1, -0.05) is 25.0 Å². The first-order valence-corrected chi connectivity index (χ1v) is 6.10. The number of hydrogen-bond donors (Lipinski definition) is 1. The van der Waals surface area contributed by atoms with Crippen molar-refractivity contribution in [3.05, 3.63) is 12.2 Å². The summed E-state index contributed by atoms with van der Waals surface area (Å²) in [5.41, 5.74) is 1.84. The molecule has 3 rings (SSSR count). The average Bonchev–Trinajstić information content (AvgIpc) is 2.15. The van der Waals surface area contributed by atoms with Gasteiger partial charge in [0.2, 0.25) is 0 Å². The maximum atomic E-state index is 10.0. The summed E-state index contributed by atoms with van der Waals surface area (Å²) >= 11 is 0. The Morgan fingerprint density at radius 3 is 2.86 bits per heavy atom. The molecular weight excluding hydrogens is 172 g/mol. The second-order valence-electron chi connectivity index (χ2n) is 5.63. The molecule has 4 atom stereocenters. The van der Waals surface area contributed by atoms with Gasteiger partial charge in [-0.3, -0.25) is 0 Å². The third kappa shape index (κ3) is 0.942. The molecule has 14 heavy (non-hydrogen) atoms. The first kappa shape index (κ1) is 8.96. The molecule has 1 nitrogen and oxygen atoms in total. The third-order valence-corrected chi connectivity index (χ3v) is 5.07. The summed E-state index contributed by atoms with van der Waals surface area (Å²) in [5, 5.41) is 10.0. The SMILES string of the molecule is C=C1C[C@@]23CCCC[C@H]2CC[C@@H](O)[C@@H]13. The fourth-order valence-electron chi connectivity index (χ4n) is 4.52. The molecule has 0 bridgehead atoms. The third-order valence-electron chi connectivity index (χ3n) is 5.07. The zero-order chi connectivity index (χ0) is 9.76. The van der Waals surface area contributed by atoms with Crippen molar-refractivity contribution in [2.75, 3.05) is 0 Å². The number of aliphatic hydroxyl groups excluding tert-OH is 1. The summed E-state index contributed by atoms with van der Waals surface area (Å²) in [7, 11) is 0. The molecule has 3 fully saturated rings. The van der Waals surface area contributed by atoms with E-state index < -0.39 is 0 Å². The molecule has 3 aliphatic carbocycles. The lowest BCUT2D eigenvalue weighted by Gasteiger charge is -2.62. The zero-order valence-corrected chi connectivity index (χ0v) is 8.84. The summed E-state index contributed by atoms with van der Waals surface area (Å²) in [6.07, 6.45) is 9.02. The number of rotatable bonds is 0. The molecule has 0 saturated heterocycles. The highest BCUT2D eigenvalue weighted by Gasteiger charge is 2.58. The molecule has 0 aromatic rings. The molecule has 0 radical (unpaired) electrons. The van der Waals surface area contributed by atoms with Crippen molar-refractivity contribution < 1.29 is 5.11 Å². The van der Waals surface area contributed by atoms with Crippen molar-refractivity contribution in [2.24, 2.45) is 17.3 Å². The molecule has 0 aromatic carbocycles. The van der Waals surface area contributed by atoms with Crippen molar-refractivity contribution in [3.8, 4) is 0 Å². The minimum atomic E-state index is -0.0643. The molecule has 3 aliphatic rings. The Morgan fingerprint density at radius 2 is 2.07 bits per heavy atom. The van der Waals surface area contributed by atoms with Crippen LogP contribution in [0.2, 0.25) is 0 Å². The molecule has 1 N–H and O–H groups in total. The van der Waals surface area contributed by atoms with Crippen LogP contribution in [0, 0.1) is 17.3 Å². The summed E-state index contributed by atoms with van der Waals surface area (Å²) in [4.78, 5) is 0. The lowest BCUT2D eigenvalue weighted by atomic mass is 9.43. The number of aliphatic hydroxyl groups is 1. The van der Waals surface area contributed by atoms with E-state index in [-0.39, 0.29) is 6.10 Å². The monoisotopic (exact) mass is 192 g/mol. The largest absolute Gasteiger partial charge is 0.392 e. The van der Waals surface area contributed by atoms with E-state index in [1.54, 1.807) is 0 Å². The molecule has 1 spiro atoms. The maximum Gasteiger partial charge on any atom is 0.0611 e. The maximum absolute atomic E-state index is 10.0. The molecule has 0 aromatic heterocycles. The van der Waals surface area contributed by atoms with Gasteiger partial charge in [-0.15, -0.1) is 0 Å². The molecular formula is C13H20O. The van der Waals surface area contributed by atoms with Crippen LogP contribution in [0.4, 0.5) is 0 Å². The molecule has 78 valence electrons. The lowest BCUT2D eigenvalue weighted by Crippen LogP contribution is -2.57. The van der Waals surface area contributed by atoms with Crippen LogP contribution in [-0.4, -0.2) is 11.2 Å². The van der Waals surface area contributed by atoms with Crippen LogP contribution < -0.4 is 0 Å². The van der Waals surface area contributed by atoms with Gasteiger partial charge in [-0.2, -0.15) is 0 Å². The van der Waals surface area contributed by atoms with Gasteiger partial charge in [0, 0.05) is 5.92 Å². The molecule has 0 unspecified atom stereocenters. The van der Waals surface area contributed by atoms with Gasteiger partial charge < -0.3 is 5.11 Å². The summed E-state index contributed by atoms with van der Waals surface area (Å²) < 4.78 is 0. The van der Waals surface area contributed by atoms with E-state index in [1.807, 2.05) is 0 Å². The Labute approximate surface area is 86.2 Å². The highest BCUT2D eigenvalue weighted by atomic mass is 16.3. The van der Waals surface area contributed by atoms with E-state index in [2.05, 4.69) is 6.58 Å².